The Labute approximate surface area is 92.7 Å². The highest BCUT2D eigenvalue weighted by Gasteiger charge is 2.23. The van der Waals surface area contributed by atoms with Gasteiger partial charge >= 0.3 is 0 Å². The van der Waals surface area contributed by atoms with Gasteiger partial charge in [0.2, 0.25) is 0 Å². The van der Waals surface area contributed by atoms with Gasteiger partial charge < -0.3 is 10.3 Å². The first-order valence-electron chi connectivity index (χ1n) is 5.35. The zero-order chi connectivity index (χ0) is 11.0. The first-order valence-corrected chi connectivity index (χ1v) is 5.35. The largest absolute Gasteiger partial charge is 0.348 e. The van der Waals surface area contributed by atoms with Gasteiger partial charge in [-0.1, -0.05) is 12.1 Å². The fraction of sp³-hybridized carbons (Fsp3) is 0.250. The monoisotopic (exact) mass is 217 g/mol. The van der Waals surface area contributed by atoms with E-state index in [0.29, 0.717) is 0 Å². The number of rotatable bonds is 1. The lowest BCUT2D eigenvalue weighted by Crippen LogP contribution is -2.30. The SMILES string of the molecule is Fc1ccc([C@@H]2NCCc3[nH]cnc32)cc1. The van der Waals surface area contributed by atoms with Gasteiger partial charge in [-0.3, -0.25) is 0 Å². The van der Waals surface area contributed by atoms with Crippen LogP contribution in [-0.4, -0.2) is 16.5 Å². The van der Waals surface area contributed by atoms with Gasteiger partial charge in [-0.15, -0.1) is 0 Å². The normalized spacial score (nSPS) is 19.4. The molecule has 2 aromatic rings. The molecular formula is C12H12FN3. The summed E-state index contributed by atoms with van der Waals surface area (Å²) in [5.74, 6) is -0.207. The van der Waals surface area contributed by atoms with E-state index in [9.17, 15) is 4.39 Å². The van der Waals surface area contributed by atoms with E-state index < -0.39 is 0 Å². The van der Waals surface area contributed by atoms with Crippen molar-refractivity contribution in [1.82, 2.24) is 15.3 Å². The second-order valence-electron chi connectivity index (χ2n) is 3.96. The summed E-state index contributed by atoms with van der Waals surface area (Å²) >= 11 is 0. The van der Waals surface area contributed by atoms with Crippen LogP contribution in [0.15, 0.2) is 30.6 Å². The Morgan fingerprint density at radius 3 is 2.88 bits per heavy atom. The average Bonchev–Trinajstić information content (AvgIpc) is 2.78. The number of H-pyrrole nitrogens is 1. The second-order valence-corrected chi connectivity index (χ2v) is 3.96. The van der Waals surface area contributed by atoms with E-state index in [0.717, 1.165) is 24.2 Å². The Hall–Kier alpha value is -1.68. The molecule has 1 aromatic carbocycles. The number of nitrogens with one attached hydrogen (secondary N) is 2. The minimum atomic E-state index is -0.207. The quantitative estimate of drug-likeness (QED) is 0.764. The molecule has 0 fully saturated rings. The zero-order valence-electron chi connectivity index (χ0n) is 8.70. The first-order chi connectivity index (χ1) is 7.84. The van der Waals surface area contributed by atoms with Crippen LogP contribution in [0.3, 0.4) is 0 Å². The zero-order valence-corrected chi connectivity index (χ0v) is 8.70. The molecule has 0 saturated heterocycles. The molecule has 1 atom stereocenters. The maximum absolute atomic E-state index is 12.8. The van der Waals surface area contributed by atoms with Gasteiger partial charge in [-0.05, 0) is 17.7 Å². The van der Waals surface area contributed by atoms with Crippen molar-refractivity contribution in [1.29, 1.82) is 0 Å². The Kier molecular flexibility index (Phi) is 2.22. The van der Waals surface area contributed by atoms with Crippen molar-refractivity contribution in [3.63, 3.8) is 0 Å². The van der Waals surface area contributed by atoms with E-state index in [1.54, 1.807) is 18.5 Å². The van der Waals surface area contributed by atoms with E-state index in [1.807, 2.05) is 0 Å². The summed E-state index contributed by atoms with van der Waals surface area (Å²) in [6.07, 6.45) is 2.68. The minimum Gasteiger partial charge on any atom is -0.348 e. The third-order valence-electron chi connectivity index (χ3n) is 2.95. The maximum Gasteiger partial charge on any atom is 0.123 e. The second kappa shape index (κ2) is 3.72. The third kappa shape index (κ3) is 1.51. The lowest BCUT2D eigenvalue weighted by Gasteiger charge is -2.23. The molecular weight excluding hydrogens is 205 g/mol. The summed E-state index contributed by atoms with van der Waals surface area (Å²) in [4.78, 5) is 7.47. The van der Waals surface area contributed by atoms with Crippen molar-refractivity contribution in [2.75, 3.05) is 6.54 Å². The number of hydrogen-bond acceptors (Lipinski definition) is 2. The topological polar surface area (TPSA) is 40.7 Å². The molecule has 0 aliphatic carbocycles. The fourth-order valence-corrected chi connectivity index (χ4v) is 2.15. The van der Waals surface area contributed by atoms with Gasteiger partial charge in [0.15, 0.2) is 0 Å². The number of fused-ring (bicyclic) bond motifs is 1. The molecule has 1 aliphatic heterocycles. The predicted molar refractivity (Wildman–Crippen MR) is 58.5 cm³/mol. The number of hydrogen-bond donors (Lipinski definition) is 2. The van der Waals surface area contributed by atoms with E-state index >= 15 is 0 Å². The van der Waals surface area contributed by atoms with E-state index in [2.05, 4.69) is 15.3 Å². The maximum atomic E-state index is 12.8. The summed E-state index contributed by atoms with van der Waals surface area (Å²) in [6.45, 7) is 0.914. The third-order valence-corrected chi connectivity index (χ3v) is 2.95. The molecule has 1 aliphatic rings. The smallest absolute Gasteiger partial charge is 0.123 e. The summed E-state index contributed by atoms with van der Waals surface area (Å²) in [6, 6.07) is 6.65. The number of nitrogens with zero attached hydrogens (tertiary/aromatic N) is 1. The summed E-state index contributed by atoms with van der Waals surface area (Å²) in [5.41, 5.74) is 3.25. The van der Waals surface area contributed by atoms with E-state index in [1.165, 1.54) is 17.8 Å². The Morgan fingerprint density at radius 2 is 2.06 bits per heavy atom. The lowest BCUT2D eigenvalue weighted by atomic mass is 9.98. The van der Waals surface area contributed by atoms with Crippen LogP contribution in [-0.2, 0) is 6.42 Å². The van der Waals surface area contributed by atoms with E-state index in [4.69, 9.17) is 0 Å². The minimum absolute atomic E-state index is 0.0793. The van der Waals surface area contributed by atoms with Gasteiger partial charge in [-0.25, -0.2) is 9.37 Å². The molecule has 82 valence electrons. The first kappa shape index (κ1) is 9.54. The van der Waals surface area contributed by atoms with Crippen molar-refractivity contribution in [3.8, 4) is 0 Å². The van der Waals surface area contributed by atoms with Gasteiger partial charge in [-0.2, -0.15) is 0 Å². The number of imidazole rings is 1. The molecule has 4 heteroatoms. The van der Waals surface area contributed by atoms with Gasteiger partial charge in [0.05, 0.1) is 18.1 Å². The van der Waals surface area contributed by atoms with Crippen LogP contribution in [0, 0.1) is 5.82 Å². The summed E-state index contributed by atoms with van der Waals surface area (Å²) < 4.78 is 12.8. The molecule has 0 saturated carbocycles. The number of aromatic amines is 1. The van der Waals surface area contributed by atoms with Crippen LogP contribution in [0.5, 0.6) is 0 Å². The Balaban J connectivity index is 2.00. The number of benzene rings is 1. The number of aromatic nitrogens is 2. The number of halogens is 1. The van der Waals surface area contributed by atoms with Crippen molar-refractivity contribution < 1.29 is 4.39 Å². The molecule has 2 N–H and O–H groups in total. The molecule has 0 unspecified atom stereocenters. The van der Waals surface area contributed by atoms with Crippen LogP contribution in [0.1, 0.15) is 23.0 Å². The Morgan fingerprint density at radius 1 is 1.25 bits per heavy atom. The molecule has 16 heavy (non-hydrogen) atoms. The molecule has 0 bridgehead atoms. The standard InChI is InChI=1S/C12H12FN3/c13-9-3-1-8(2-4-9)11-12-10(5-6-14-11)15-7-16-12/h1-4,7,11,14H,5-6H2,(H,15,16)/t11-/m0/s1. The molecule has 1 aromatic heterocycles. The van der Waals surface area contributed by atoms with Crippen LogP contribution in [0.4, 0.5) is 4.39 Å². The lowest BCUT2D eigenvalue weighted by molar-refractivity contribution is 0.551. The van der Waals surface area contributed by atoms with Crippen LogP contribution in [0.25, 0.3) is 0 Å². The van der Waals surface area contributed by atoms with Crippen LogP contribution in [0.2, 0.25) is 0 Å². The van der Waals surface area contributed by atoms with Crippen molar-refractivity contribution >= 4 is 0 Å². The van der Waals surface area contributed by atoms with Gasteiger partial charge in [0, 0.05) is 18.7 Å². The van der Waals surface area contributed by atoms with Crippen molar-refractivity contribution in [2.24, 2.45) is 0 Å². The highest BCUT2D eigenvalue weighted by molar-refractivity contribution is 5.32. The van der Waals surface area contributed by atoms with E-state index in [-0.39, 0.29) is 11.9 Å². The molecule has 0 amide bonds. The molecule has 3 nitrogen and oxygen atoms in total. The van der Waals surface area contributed by atoms with Crippen molar-refractivity contribution in [3.05, 3.63) is 53.4 Å². The average molecular weight is 217 g/mol. The Bertz CT molecular complexity index is 489. The highest BCUT2D eigenvalue weighted by Crippen LogP contribution is 2.25. The summed E-state index contributed by atoms with van der Waals surface area (Å²) in [7, 11) is 0. The molecule has 3 rings (SSSR count). The van der Waals surface area contributed by atoms with Crippen LogP contribution >= 0.6 is 0 Å². The van der Waals surface area contributed by atoms with Crippen molar-refractivity contribution in [2.45, 2.75) is 12.5 Å². The van der Waals surface area contributed by atoms with Gasteiger partial charge in [0.25, 0.3) is 0 Å². The molecule has 0 spiro atoms. The fourth-order valence-electron chi connectivity index (χ4n) is 2.15. The predicted octanol–water partition coefficient (Wildman–Crippen LogP) is 1.78. The highest BCUT2D eigenvalue weighted by atomic mass is 19.1. The van der Waals surface area contributed by atoms with Crippen LogP contribution < -0.4 is 5.32 Å². The summed E-state index contributed by atoms with van der Waals surface area (Å²) in [5, 5.41) is 3.39. The molecule has 2 heterocycles. The van der Waals surface area contributed by atoms with Gasteiger partial charge in [0.1, 0.15) is 5.82 Å². The molecule has 0 radical (unpaired) electrons.